The summed E-state index contributed by atoms with van der Waals surface area (Å²) in [4.78, 5) is 16.1. The third kappa shape index (κ3) is 3.52. The lowest BCUT2D eigenvalue weighted by atomic mass is 10.2. The largest absolute Gasteiger partial charge is 0.338 e. The molecule has 5 nitrogen and oxygen atoms in total. The summed E-state index contributed by atoms with van der Waals surface area (Å²) >= 11 is 1.69. The van der Waals surface area contributed by atoms with Crippen LogP contribution in [0.3, 0.4) is 0 Å². The van der Waals surface area contributed by atoms with Gasteiger partial charge in [-0.1, -0.05) is 0 Å². The van der Waals surface area contributed by atoms with E-state index in [1.807, 2.05) is 26.0 Å². The standard InChI is InChI=1S/C15H22N2O3S2/c1-10(7-13-6-3-11(2)21-13)16-22(19,20)14-8-15(18)17(9-14)12-4-5-12/h3,6,10,12,14,16H,4-5,7-9H2,1-2H3. The van der Waals surface area contributed by atoms with Gasteiger partial charge in [0.15, 0.2) is 0 Å². The van der Waals surface area contributed by atoms with Crippen molar-refractivity contribution in [3.8, 4) is 0 Å². The predicted octanol–water partition coefficient (Wildman–Crippen LogP) is 1.67. The molecule has 1 aliphatic heterocycles. The van der Waals surface area contributed by atoms with Gasteiger partial charge in [-0.15, -0.1) is 11.3 Å². The van der Waals surface area contributed by atoms with Crippen LogP contribution in [0.5, 0.6) is 0 Å². The average molecular weight is 342 g/mol. The molecule has 1 N–H and O–H groups in total. The highest BCUT2D eigenvalue weighted by Gasteiger charge is 2.44. The Morgan fingerprint density at radius 1 is 1.41 bits per heavy atom. The van der Waals surface area contributed by atoms with Gasteiger partial charge >= 0.3 is 0 Å². The number of thiophene rings is 1. The van der Waals surface area contributed by atoms with Crippen molar-refractivity contribution in [1.29, 1.82) is 0 Å². The van der Waals surface area contributed by atoms with Gasteiger partial charge in [0.25, 0.3) is 0 Å². The zero-order valence-corrected chi connectivity index (χ0v) is 14.5. The first kappa shape index (κ1) is 16.0. The third-order valence-corrected chi connectivity index (χ3v) is 7.17. The van der Waals surface area contributed by atoms with Crippen molar-refractivity contribution in [2.75, 3.05) is 6.54 Å². The van der Waals surface area contributed by atoms with Gasteiger partial charge in [-0.3, -0.25) is 4.79 Å². The van der Waals surface area contributed by atoms with E-state index in [4.69, 9.17) is 0 Å². The molecule has 1 aliphatic carbocycles. The van der Waals surface area contributed by atoms with Crippen molar-refractivity contribution in [3.63, 3.8) is 0 Å². The number of sulfonamides is 1. The highest BCUT2D eigenvalue weighted by Crippen LogP contribution is 2.32. The summed E-state index contributed by atoms with van der Waals surface area (Å²) in [6, 6.07) is 4.22. The summed E-state index contributed by atoms with van der Waals surface area (Å²) in [6.07, 6.45) is 2.83. The van der Waals surface area contributed by atoms with Gasteiger partial charge in [0.2, 0.25) is 15.9 Å². The highest BCUT2D eigenvalue weighted by molar-refractivity contribution is 7.90. The minimum atomic E-state index is -3.45. The smallest absolute Gasteiger partial charge is 0.224 e. The highest BCUT2D eigenvalue weighted by atomic mass is 32.2. The summed E-state index contributed by atoms with van der Waals surface area (Å²) < 4.78 is 27.7. The van der Waals surface area contributed by atoms with Gasteiger partial charge < -0.3 is 4.90 Å². The Morgan fingerprint density at radius 3 is 2.73 bits per heavy atom. The molecule has 1 aromatic heterocycles. The fourth-order valence-corrected chi connectivity index (χ4v) is 5.53. The van der Waals surface area contributed by atoms with Crippen LogP contribution in [0.1, 0.15) is 35.9 Å². The number of hydrogen-bond donors (Lipinski definition) is 1. The minimum absolute atomic E-state index is 0.0144. The van der Waals surface area contributed by atoms with Crippen LogP contribution in [0.4, 0.5) is 0 Å². The number of likely N-dealkylation sites (tertiary alicyclic amines) is 1. The van der Waals surface area contributed by atoms with Crippen LogP contribution in [0, 0.1) is 6.92 Å². The second-order valence-electron chi connectivity index (χ2n) is 6.38. The van der Waals surface area contributed by atoms with Gasteiger partial charge in [-0.05, 0) is 45.2 Å². The Hall–Kier alpha value is -0.920. The molecule has 2 unspecified atom stereocenters. The summed E-state index contributed by atoms with van der Waals surface area (Å²) in [5, 5.41) is -0.604. The molecule has 0 radical (unpaired) electrons. The van der Waals surface area contributed by atoms with Gasteiger partial charge in [0.05, 0.1) is 0 Å². The Morgan fingerprint density at radius 2 is 2.14 bits per heavy atom. The van der Waals surface area contributed by atoms with Crippen LogP contribution in [-0.2, 0) is 21.2 Å². The molecular formula is C15H22N2O3S2. The lowest BCUT2D eigenvalue weighted by molar-refractivity contribution is -0.128. The van der Waals surface area contributed by atoms with E-state index in [9.17, 15) is 13.2 Å². The van der Waals surface area contributed by atoms with Gasteiger partial charge in [-0.25, -0.2) is 13.1 Å². The summed E-state index contributed by atoms with van der Waals surface area (Å²) in [5.74, 6) is -0.0144. The number of hydrogen-bond acceptors (Lipinski definition) is 4. The fraction of sp³-hybridized carbons (Fsp3) is 0.667. The van der Waals surface area contributed by atoms with Crippen LogP contribution in [0.25, 0.3) is 0 Å². The topological polar surface area (TPSA) is 66.5 Å². The monoisotopic (exact) mass is 342 g/mol. The van der Waals surface area contributed by atoms with Crippen LogP contribution in [0.15, 0.2) is 12.1 Å². The third-order valence-electron chi connectivity index (χ3n) is 4.22. The van der Waals surface area contributed by atoms with E-state index in [2.05, 4.69) is 4.72 Å². The molecule has 2 heterocycles. The van der Waals surface area contributed by atoms with Crippen molar-refractivity contribution < 1.29 is 13.2 Å². The van der Waals surface area contributed by atoms with E-state index in [-0.39, 0.29) is 18.4 Å². The molecule has 1 amide bonds. The molecule has 2 aliphatic rings. The van der Waals surface area contributed by atoms with Crippen molar-refractivity contribution in [2.45, 2.75) is 56.9 Å². The molecule has 1 aromatic rings. The van der Waals surface area contributed by atoms with Crippen molar-refractivity contribution in [2.24, 2.45) is 0 Å². The molecule has 122 valence electrons. The lowest BCUT2D eigenvalue weighted by Gasteiger charge is -2.18. The maximum Gasteiger partial charge on any atom is 0.224 e. The molecule has 0 aromatic carbocycles. The van der Waals surface area contributed by atoms with Crippen LogP contribution < -0.4 is 4.72 Å². The Bertz CT molecular complexity index is 664. The molecule has 0 spiro atoms. The number of carbonyl (C=O) groups is 1. The summed E-state index contributed by atoms with van der Waals surface area (Å²) in [5.41, 5.74) is 0. The lowest BCUT2D eigenvalue weighted by Crippen LogP contribution is -2.41. The molecular weight excluding hydrogens is 320 g/mol. The van der Waals surface area contributed by atoms with Gasteiger partial charge in [0, 0.05) is 34.8 Å². The van der Waals surface area contributed by atoms with E-state index in [0.29, 0.717) is 19.0 Å². The first-order valence-electron chi connectivity index (χ1n) is 7.71. The first-order valence-corrected chi connectivity index (χ1v) is 10.1. The zero-order valence-electron chi connectivity index (χ0n) is 12.9. The van der Waals surface area contributed by atoms with E-state index in [1.165, 1.54) is 9.75 Å². The second-order valence-corrected chi connectivity index (χ2v) is 9.75. The minimum Gasteiger partial charge on any atom is -0.338 e. The van der Waals surface area contributed by atoms with Crippen molar-refractivity contribution in [1.82, 2.24) is 9.62 Å². The molecule has 3 rings (SSSR count). The SMILES string of the molecule is Cc1ccc(CC(C)NS(=O)(=O)C2CC(=O)N(C3CC3)C2)s1. The molecule has 22 heavy (non-hydrogen) atoms. The normalized spacial score (nSPS) is 24.0. The fourth-order valence-electron chi connectivity index (χ4n) is 2.96. The van der Waals surface area contributed by atoms with E-state index in [1.54, 1.807) is 16.2 Å². The van der Waals surface area contributed by atoms with Crippen LogP contribution in [0.2, 0.25) is 0 Å². The molecule has 1 saturated carbocycles. The Labute approximate surface area is 135 Å². The van der Waals surface area contributed by atoms with Crippen LogP contribution >= 0.6 is 11.3 Å². The van der Waals surface area contributed by atoms with Crippen LogP contribution in [-0.4, -0.2) is 43.1 Å². The molecule has 7 heteroatoms. The number of amides is 1. The number of nitrogens with one attached hydrogen (secondary N) is 1. The molecule has 1 saturated heterocycles. The predicted molar refractivity (Wildman–Crippen MR) is 87.4 cm³/mol. The number of rotatable bonds is 6. The quantitative estimate of drug-likeness (QED) is 0.855. The Balaban J connectivity index is 1.59. The first-order chi connectivity index (χ1) is 10.3. The van der Waals surface area contributed by atoms with E-state index in [0.717, 1.165) is 12.8 Å². The number of nitrogens with zero attached hydrogens (tertiary/aromatic N) is 1. The zero-order chi connectivity index (χ0) is 15.9. The van der Waals surface area contributed by atoms with E-state index < -0.39 is 15.3 Å². The van der Waals surface area contributed by atoms with Gasteiger partial charge in [0.1, 0.15) is 5.25 Å². The van der Waals surface area contributed by atoms with Gasteiger partial charge in [-0.2, -0.15) is 0 Å². The molecule has 2 atom stereocenters. The van der Waals surface area contributed by atoms with Crippen molar-refractivity contribution >= 4 is 27.3 Å². The van der Waals surface area contributed by atoms with Crippen molar-refractivity contribution in [3.05, 3.63) is 21.9 Å². The van der Waals surface area contributed by atoms with E-state index >= 15 is 0 Å². The average Bonchev–Trinajstić information content (AvgIpc) is 3.06. The summed E-state index contributed by atoms with van der Waals surface area (Å²) in [7, 11) is -3.45. The Kier molecular flexibility index (Phi) is 4.31. The molecule has 0 bridgehead atoms. The second kappa shape index (κ2) is 5.94. The molecule has 2 fully saturated rings. The maximum absolute atomic E-state index is 12.5. The number of carbonyl (C=O) groups excluding carboxylic acids is 1. The maximum atomic E-state index is 12.5. The number of aryl methyl sites for hydroxylation is 1. The summed E-state index contributed by atoms with van der Waals surface area (Å²) in [6.45, 7) is 4.27.